The van der Waals surface area contributed by atoms with Gasteiger partial charge in [0, 0.05) is 11.1 Å². The van der Waals surface area contributed by atoms with Gasteiger partial charge in [0.1, 0.15) is 5.69 Å². The van der Waals surface area contributed by atoms with Crippen LogP contribution in [-0.4, -0.2) is 10.8 Å². The number of benzene rings is 2. The van der Waals surface area contributed by atoms with Crippen molar-refractivity contribution in [1.29, 1.82) is 0 Å². The Morgan fingerprint density at radius 2 is 1.81 bits per heavy atom. The minimum Gasteiger partial charge on any atom is -0.398 e. The van der Waals surface area contributed by atoms with Gasteiger partial charge in [0.25, 0.3) is 0 Å². The monoisotopic (exact) mass is 284 g/mol. The fourth-order valence-corrected chi connectivity index (χ4v) is 2.14. The molecule has 0 saturated heterocycles. The average molecular weight is 284 g/mol. The second kappa shape index (κ2) is 4.94. The van der Waals surface area contributed by atoms with Gasteiger partial charge in [-0.05, 0) is 24.3 Å². The molecule has 0 saturated carbocycles. The summed E-state index contributed by atoms with van der Waals surface area (Å²) in [6.07, 6.45) is 0. The Bertz CT molecular complexity index is 862. The molecule has 0 aliphatic carbocycles. The third kappa shape index (κ3) is 2.23. The fraction of sp³-hybridized carbons (Fsp3) is 0. The minimum absolute atomic E-state index is 0.0179. The number of nitrogens with two attached hydrogens (primary N) is 1. The molecular weight excluding hydrogens is 274 g/mol. The Kier molecular flexibility index (Phi) is 3.10. The van der Waals surface area contributed by atoms with E-state index in [-0.39, 0.29) is 11.3 Å². The van der Waals surface area contributed by atoms with E-state index in [2.05, 4.69) is 4.98 Å². The number of hydrogen-bond donors (Lipinski definition) is 1. The van der Waals surface area contributed by atoms with Gasteiger partial charge in [0.05, 0.1) is 11.1 Å². The first-order valence-electron chi connectivity index (χ1n) is 6.22. The van der Waals surface area contributed by atoms with Crippen LogP contribution in [0.25, 0.3) is 10.9 Å². The lowest BCUT2D eigenvalue weighted by Gasteiger charge is -2.06. The van der Waals surface area contributed by atoms with E-state index in [9.17, 15) is 13.6 Å². The molecule has 104 valence electrons. The van der Waals surface area contributed by atoms with E-state index in [0.717, 1.165) is 6.07 Å². The molecule has 0 unspecified atom stereocenters. The highest BCUT2D eigenvalue weighted by Crippen LogP contribution is 2.22. The van der Waals surface area contributed by atoms with Crippen molar-refractivity contribution in [3.8, 4) is 0 Å². The molecule has 1 aromatic heterocycles. The van der Waals surface area contributed by atoms with Crippen molar-refractivity contribution < 1.29 is 13.6 Å². The maximum atomic E-state index is 13.7. The van der Waals surface area contributed by atoms with E-state index in [1.165, 1.54) is 18.2 Å². The first-order valence-corrected chi connectivity index (χ1v) is 6.22. The molecule has 0 amide bonds. The van der Waals surface area contributed by atoms with Crippen molar-refractivity contribution in [3.63, 3.8) is 0 Å². The van der Waals surface area contributed by atoms with Crippen molar-refractivity contribution in [2.75, 3.05) is 5.73 Å². The molecule has 0 spiro atoms. The molecule has 3 aromatic rings. The normalized spacial score (nSPS) is 10.8. The molecule has 0 atom stereocenters. The second-order valence-corrected chi connectivity index (χ2v) is 4.54. The molecule has 0 fully saturated rings. The lowest BCUT2D eigenvalue weighted by molar-refractivity contribution is 0.103. The predicted octanol–water partition coefficient (Wildman–Crippen LogP) is 3.33. The van der Waals surface area contributed by atoms with Gasteiger partial charge in [-0.15, -0.1) is 0 Å². The Labute approximate surface area is 119 Å². The number of carbonyl (C=O) groups is 1. The topological polar surface area (TPSA) is 56.0 Å². The molecule has 1 heterocycles. The number of anilines is 1. The maximum Gasteiger partial charge on any atom is 0.214 e. The van der Waals surface area contributed by atoms with E-state index in [4.69, 9.17) is 5.73 Å². The molecule has 5 heteroatoms. The number of fused-ring (bicyclic) bond motifs is 1. The Morgan fingerprint density at radius 1 is 1.05 bits per heavy atom. The quantitative estimate of drug-likeness (QED) is 0.734. The fourth-order valence-electron chi connectivity index (χ4n) is 2.14. The van der Waals surface area contributed by atoms with Gasteiger partial charge < -0.3 is 5.73 Å². The van der Waals surface area contributed by atoms with Gasteiger partial charge in [-0.2, -0.15) is 0 Å². The first-order chi connectivity index (χ1) is 10.1. The van der Waals surface area contributed by atoms with Crippen LogP contribution in [0.15, 0.2) is 48.5 Å². The highest BCUT2D eigenvalue weighted by atomic mass is 19.2. The number of ketones is 1. The molecule has 21 heavy (non-hydrogen) atoms. The van der Waals surface area contributed by atoms with Gasteiger partial charge in [-0.1, -0.05) is 24.3 Å². The molecule has 2 N–H and O–H groups in total. The Morgan fingerprint density at radius 3 is 2.62 bits per heavy atom. The van der Waals surface area contributed by atoms with Gasteiger partial charge in [-0.3, -0.25) is 4.79 Å². The minimum atomic E-state index is -1.18. The van der Waals surface area contributed by atoms with Crippen molar-refractivity contribution in [2.45, 2.75) is 0 Å². The third-order valence-corrected chi connectivity index (χ3v) is 3.18. The number of nitrogen functional groups attached to an aromatic ring is 1. The number of pyridine rings is 1. The number of aromatic nitrogens is 1. The largest absolute Gasteiger partial charge is 0.398 e. The smallest absolute Gasteiger partial charge is 0.214 e. The predicted molar refractivity (Wildman–Crippen MR) is 75.9 cm³/mol. The van der Waals surface area contributed by atoms with Crippen molar-refractivity contribution >= 4 is 22.4 Å². The van der Waals surface area contributed by atoms with Crippen LogP contribution in [0.2, 0.25) is 0 Å². The third-order valence-electron chi connectivity index (χ3n) is 3.18. The number of nitrogens with zero attached hydrogens (tertiary/aromatic N) is 1. The number of para-hydroxylation sites is 1. The summed E-state index contributed by atoms with van der Waals surface area (Å²) < 4.78 is 26.9. The molecule has 0 aliphatic rings. The van der Waals surface area contributed by atoms with E-state index >= 15 is 0 Å². The van der Waals surface area contributed by atoms with Crippen LogP contribution in [0.5, 0.6) is 0 Å². The highest BCUT2D eigenvalue weighted by molar-refractivity contribution is 6.10. The van der Waals surface area contributed by atoms with Crippen LogP contribution >= 0.6 is 0 Å². The Hall–Kier alpha value is -2.82. The zero-order valence-electron chi connectivity index (χ0n) is 10.8. The lowest BCUT2D eigenvalue weighted by Crippen LogP contribution is -2.09. The van der Waals surface area contributed by atoms with E-state index in [1.54, 1.807) is 24.3 Å². The summed E-state index contributed by atoms with van der Waals surface area (Å²) in [4.78, 5) is 16.5. The number of carbonyl (C=O) groups excluding carboxylic acids is 1. The van der Waals surface area contributed by atoms with Crippen LogP contribution in [0, 0.1) is 11.6 Å². The summed E-state index contributed by atoms with van der Waals surface area (Å²) in [6.45, 7) is 0. The van der Waals surface area contributed by atoms with Crippen LogP contribution in [-0.2, 0) is 0 Å². The number of hydrogen-bond acceptors (Lipinski definition) is 3. The molecule has 0 aliphatic heterocycles. The van der Waals surface area contributed by atoms with E-state index in [0.29, 0.717) is 16.6 Å². The molecule has 0 radical (unpaired) electrons. The summed E-state index contributed by atoms with van der Waals surface area (Å²) >= 11 is 0. The van der Waals surface area contributed by atoms with Crippen LogP contribution in [0.1, 0.15) is 16.1 Å². The SMILES string of the molecule is Nc1cc(C(=O)c2cccc(F)c2F)nc2ccccc12. The average Bonchev–Trinajstić information content (AvgIpc) is 2.49. The zero-order valence-corrected chi connectivity index (χ0v) is 10.8. The van der Waals surface area contributed by atoms with E-state index < -0.39 is 17.4 Å². The maximum absolute atomic E-state index is 13.7. The molecule has 2 aromatic carbocycles. The molecular formula is C16H10F2N2O. The van der Waals surface area contributed by atoms with E-state index in [1.807, 2.05) is 0 Å². The Balaban J connectivity index is 2.16. The summed E-state index contributed by atoms with van der Waals surface area (Å²) in [6, 6.07) is 11.8. The van der Waals surface area contributed by atoms with Crippen molar-refractivity contribution in [1.82, 2.24) is 4.98 Å². The van der Waals surface area contributed by atoms with Gasteiger partial charge in [0.15, 0.2) is 11.6 Å². The summed E-state index contributed by atoms with van der Waals surface area (Å²) in [5.74, 6) is -2.96. The summed E-state index contributed by atoms with van der Waals surface area (Å²) in [5, 5.41) is 0.703. The van der Waals surface area contributed by atoms with Gasteiger partial charge in [-0.25, -0.2) is 13.8 Å². The number of rotatable bonds is 2. The summed E-state index contributed by atoms with van der Waals surface area (Å²) in [5.41, 5.74) is 6.39. The van der Waals surface area contributed by atoms with Gasteiger partial charge in [0.2, 0.25) is 5.78 Å². The van der Waals surface area contributed by atoms with Crippen molar-refractivity contribution in [3.05, 3.63) is 71.4 Å². The molecule has 3 nitrogen and oxygen atoms in total. The van der Waals surface area contributed by atoms with Crippen LogP contribution < -0.4 is 5.73 Å². The lowest BCUT2D eigenvalue weighted by atomic mass is 10.0. The second-order valence-electron chi connectivity index (χ2n) is 4.54. The van der Waals surface area contributed by atoms with Crippen molar-refractivity contribution in [2.24, 2.45) is 0 Å². The highest BCUT2D eigenvalue weighted by Gasteiger charge is 2.19. The summed E-state index contributed by atoms with van der Waals surface area (Å²) in [7, 11) is 0. The number of halogens is 2. The molecule has 3 rings (SSSR count). The first kappa shape index (κ1) is 13.2. The molecule has 0 bridgehead atoms. The van der Waals surface area contributed by atoms with Crippen LogP contribution in [0.4, 0.5) is 14.5 Å². The zero-order chi connectivity index (χ0) is 15.0. The van der Waals surface area contributed by atoms with Gasteiger partial charge >= 0.3 is 0 Å². The standard InChI is InChI=1S/C16H10F2N2O/c17-11-6-3-5-10(15(11)18)16(21)14-8-12(19)9-4-1-2-7-13(9)20-14/h1-8H,(H2,19,20). The van der Waals surface area contributed by atoms with Crippen LogP contribution in [0.3, 0.4) is 0 Å².